The molecule has 0 saturated heterocycles. The molecule has 3 amide bonds. The Bertz CT molecular complexity index is 457. The van der Waals surface area contributed by atoms with E-state index in [1.807, 2.05) is 0 Å². The Balaban J connectivity index is 2.49. The van der Waals surface area contributed by atoms with Gasteiger partial charge in [-0.3, -0.25) is 4.79 Å². The van der Waals surface area contributed by atoms with E-state index in [1.165, 1.54) is 12.8 Å². The van der Waals surface area contributed by atoms with E-state index in [1.54, 1.807) is 24.3 Å². The molecule has 0 bridgehead atoms. The predicted octanol–water partition coefficient (Wildman–Crippen LogP) is 3.12. The zero-order chi connectivity index (χ0) is 15.7. The molecule has 0 heterocycles. The topological polar surface area (TPSA) is 84.2 Å². The largest absolute Gasteiger partial charge is 0.352 e. The number of hydrogen-bond donors (Lipinski definition) is 3. The first-order chi connectivity index (χ1) is 10.1. The second-order valence-electron chi connectivity index (χ2n) is 5.19. The van der Waals surface area contributed by atoms with Crippen LogP contribution in [0.4, 0.5) is 10.5 Å². The summed E-state index contributed by atoms with van der Waals surface area (Å²) >= 11 is 0. The number of primary amides is 1. The van der Waals surface area contributed by atoms with Crippen LogP contribution in [0, 0.1) is 5.92 Å². The lowest BCUT2D eigenvalue weighted by Crippen LogP contribution is -2.29. The van der Waals surface area contributed by atoms with Gasteiger partial charge in [-0.15, -0.1) is 0 Å². The number of unbranched alkanes of at least 4 members (excludes halogenated alkanes) is 1. The molecule has 116 valence electrons. The quantitative estimate of drug-likeness (QED) is 0.687. The van der Waals surface area contributed by atoms with Gasteiger partial charge in [-0.25, -0.2) is 4.79 Å². The number of urea groups is 1. The van der Waals surface area contributed by atoms with Crippen LogP contribution in [0.15, 0.2) is 24.3 Å². The lowest BCUT2D eigenvalue weighted by molar-refractivity contribution is 0.0946. The lowest BCUT2D eigenvalue weighted by Gasteiger charge is -2.15. The zero-order valence-corrected chi connectivity index (χ0v) is 12.8. The van der Waals surface area contributed by atoms with Crippen LogP contribution in [-0.4, -0.2) is 18.5 Å². The van der Waals surface area contributed by atoms with E-state index in [2.05, 4.69) is 24.5 Å². The Kier molecular flexibility index (Phi) is 7.29. The third kappa shape index (κ3) is 6.29. The average Bonchev–Trinajstić information content (AvgIpc) is 2.47. The highest BCUT2D eigenvalue weighted by atomic mass is 16.2. The molecule has 1 aromatic rings. The fraction of sp³-hybridized carbons (Fsp3) is 0.500. The van der Waals surface area contributed by atoms with Gasteiger partial charge in [0.2, 0.25) is 0 Å². The highest BCUT2D eigenvalue weighted by Crippen LogP contribution is 2.12. The summed E-state index contributed by atoms with van der Waals surface area (Å²) in [6.45, 7) is 5.03. The molecule has 1 aromatic carbocycles. The van der Waals surface area contributed by atoms with Crippen LogP contribution < -0.4 is 16.4 Å². The Morgan fingerprint density at radius 2 is 1.86 bits per heavy atom. The number of hydrogen-bond acceptors (Lipinski definition) is 2. The summed E-state index contributed by atoms with van der Waals surface area (Å²) in [5, 5.41) is 5.43. The first kappa shape index (κ1) is 17.0. The van der Waals surface area contributed by atoms with Gasteiger partial charge in [0.15, 0.2) is 0 Å². The summed E-state index contributed by atoms with van der Waals surface area (Å²) in [6.07, 6.45) is 4.59. The standard InChI is InChI=1S/C16H25N3O2/c1-3-5-6-12(4-2)11-18-15(20)13-7-9-14(10-8-13)19-16(17)21/h7-10,12H,3-6,11H2,1-2H3,(H,18,20)(H3,17,19,21). The number of anilines is 1. The highest BCUT2D eigenvalue weighted by Gasteiger charge is 2.10. The van der Waals surface area contributed by atoms with E-state index >= 15 is 0 Å². The van der Waals surface area contributed by atoms with Crippen LogP contribution in [-0.2, 0) is 0 Å². The summed E-state index contributed by atoms with van der Waals surface area (Å²) in [6, 6.07) is 6.05. The molecule has 0 saturated carbocycles. The van der Waals surface area contributed by atoms with E-state index < -0.39 is 6.03 Å². The smallest absolute Gasteiger partial charge is 0.316 e. The Labute approximate surface area is 126 Å². The number of nitrogens with one attached hydrogen (secondary N) is 2. The molecule has 1 unspecified atom stereocenters. The van der Waals surface area contributed by atoms with Crippen molar-refractivity contribution >= 4 is 17.6 Å². The number of benzene rings is 1. The van der Waals surface area contributed by atoms with Gasteiger partial charge >= 0.3 is 6.03 Å². The zero-order valence-electron chi connectivity index (χ0n) is 12.8. The summed E-state index contributed by atoms with van der Waals surface area (Å²) in [7, 11) is 0. The van der Waals surface area contributed by atoms with Gasteiger partial charge < -0.3 is 16.4 Å². The van der Waals surface area contributed by atoms with Crippen molar-refractivity contribution in [1.82, 2.24) is 5.32 Å². The molecule has 1 rings (SSSR count). The van der Waals surface area contributed by atoms with Crippen molar-refractivity contribution in [2.75, 3.05) is 11.9 Å². The molecule has 0 aliphatic carbocycles. The molecule has 5 heteroatoms. The SMILES string of the molecule is CCCCC(CC)CNC(=O)c1ccc(NC(N)=O)cc1. The Morgan fingerprint density at radius 1 is 1.19 bits per heavy atom. The van der Waals surface area contributed by atoms with E-state index in [9.17, 15) is 9.59 Å². The van der Waals surface area contributed by atoms with Crippen molar-refractivity contribution in [2.45, 2.75) is 39.5 Å². The van der Waals surface area contributed by atoms with Crippen molar-refractivity contribution in [3.8, 4) is 0 Å². The molecule has 5 nitrogen and oxygen atoms in total. The molecule has 0 fully saturated rings. The van der Waals surface area contributed by atoms with E-state index in [0.29, 0.717) is 23.7 Å². The second kappa shape index (κ2) is 9.00. The van der Waals surface area contributed by atoms with Crippen molar-refractivity contribution in [3.05, 3.63) is 29.8 Å². The van der Waals surface area contributed by atoms with Crippen LogP contribution in [0.1, 0.15) is 49.9 Å². The Hall–Kier alpha value is -2.04. The molecule has 0 spiro atoms. The molecular formula is C16H25N3O2. The Morgan fingerprint density at radius 3 is 2.38 bits per heavy atom. The van der Waals surface area contributed by atoms with Crippen LogP contribution in [0.2, 0.25) is 0 Å². The first-order valence-corrected chi connectivity index (χ1v) is 7.51. The minimum Gasteiger partial charge on any atom is -0.352 e. The van der Waals surface area contributed by atoms with Gasteiger partial charge in [0.25, 0.3) is 5.91 Å². The van der Waals surface area contributed by atoms with Gasteiger partial charge in [-0.05, 0) is 36.6 Å². The van der Waals surface area contributed by atoms with E-state index in [-0.39, 0.29) is 5.91 Å². The third-order valence-corrected chi connectivity index (χ3v) is 3.51. The van der Waals surface area contributed by atoms with E-state index in [0.717, 1.165) is 12.8 Å². The maximum atomic E-state index is 12.0. The molecule has 0 aromatic heterocycles. The normalized spacial score (nSPS) is 11.7. The monoisotopic (exact) mass is 291 g/mol. The summed E-state index contributed by atoms with van der Waals surface area (Å²) in [4.78, 5) is 22.8. The second-order valence-corrected chi connectivity index (χ2v) is 5.19. The van der Waals surface area contributed by atoms with Crippen LogP contribution >= 0.6 is 0 Å². The van der Waals surface area contributed by atoms with Crippen LogP contribution in [0.3, 0.4) is 0 Å². The third-order valence-electron chi connectivity index (χ3n) is 3.51. The minimum atomic E-state index is -0.617. The van der Waals surface area contributed by atoms with Gasteiger partial charge in [0.05, 0.1) is 0 Å². The molecule has 1 atom stereocenters. The first-order valence-electron chi connectivity index (χ1n) is 7.51. The maximum Gasteiger partial charge on any atom is 0.316 e. The van der Waals surface area contributed by atoms with Crippen molar-refractivity contribution in [2.24, 2.45) is 11.7 Å². The van der Waals surface area contributed by atoms with Gasteiger partial charge in [-0.1, -0.05) is 33.1 Å². The molecule has 0 aliphatic rings. The lowest BCUT2D eigenvalue weighted by atomic mass is 9.99. The van der Waals surface area contributed by atoms with Crippen molar-refractivity contribution in [1.29, 1.82) is 0 Å². The fourth-order valence-electron chi connectivity index (χ4n) is 2.13. The number of carbonyl (C=O) groups excluding carboxylic acids is 2. The van der Waals surface area contributed by atoms with Gasteiger partial charge in [-0.2, -0.15) is 0 Å². The van der Waals surface area contributed by atoms with Crippen LogP contribution in [0.5, 0.6) is 0 Å². The van der Waals surface area contributed by atoms with E-state index in [4.69, 9.17) is 5.73 Å². The predicted molar refractivity (Wildman–Crippen MR) is 85.3 cm³/mol. The highest BCUT2D eigenvalue weighted by molar-refractivity contribution is 5.95. The summed E-state index contributed by atoms with van der Waals surface area (Å²) in [5.41, 5.74) is 6.19. The van der Waals surface area contributed by atoms with Gasteiger partial charge in [0, 0.05) is 17.8 Å². The molecule has 21 heavy (non-hydrogen) atoms. The minimum absolute atomic E-state index is 0.0874. The van der Waals surface area contributed by atoms with Crippen molar-refractivity contribution < 1.29 is 9.59 Å². The maximum absolute atomic E-state index is 12.0. The van der Waals surface area contributed by atoms with Crippen LogP contribution in [0.25, 0.3) is 0 Å². The molecule has 4 N–H and O–H groups in total. The molecule has 0 aliphatic heterocycles. The molecule has 0 radical (unpaired) electrons. The molecular weight excluding hydrogens is 266 g/mol. The average molecular weight is 291 g/mol. The summed E-state index contributed by atoms with van der Waals surface area (Å²) < 4.78 is 0. The number of amides is 3. The fourth-order valence-corrected chi connectivity index (χ4v) is 2.13. The number of carbonyl (C=O) groups is 2. The summed E-state index contributed by atoms with van der Waals surface area (Å²) in [5.74, 6) is 0.445. The van der Waals surface area contributed by atoms with Crippen molar-refractivity contribution in [3.63, 3.8) is 0 Å². The van der Waals surface area contributed by atoms with Gasteiger partial charge in [0.1, 0.15) is 0 Å². The number of nitrogens with two attached hydrogens (primary N) is 1. The number of rotatable bonds is 8.